The number of carboxylic acids is 2. The molecule has 0 aliphatic rings. The molecule has 0 saturated carbocycles. The second-order valence-electron chi connectivity index (χ2n) is 8.27. The highest BCUT2D eigenvalue weighted by molar-refractivity contribution is 5.85. The van der Waals surface area contributed by atoms with E-state index in [0.29, 0.717) is 24.0 Å². The number of carbonyl (C=O) groups is 2. The smallest absolute Gasteiger partial charge is 0.330 e. The third-order valence-corrected chi connectivity index (χ3v) is 5.27. The molecule has 0 radical (unpaired) electrons. The van der Waals surface area contributed by atoms with Crippen LogP contribution in [0, 0.1) is 0 Å². The Bertz CT molecular complexity index is 454. The molecule has 0 aromatic heterocycles. The lowest BCUT2D eigenvalue weighted by molar-refractivity contribution is -0.133. The van der Waals surface area contributed by atoms with Gasteiger partial charge in [-0.15, -0.1) is 0 Å². The Kier molecular flexibility index (Phi) is 24.2. The van der Waals surface area contributed by atoms with Crippen LogP contribution in [0.1, 0.15) is 129 Å². The van der Waals surface area contributed by atoms with Crippen LogP contribution >= 0.6 is 0 Å². The molecule has 0 heterocycles. The molecule has 0 fully saturated rings. The maximum atomic E-state index is 10.5. The predicted molar refractivity (Wildman–Crippen MR) is 128 cm³/mol. The molecule has 0 aliphatic carbocycles. The molecule has 0 aliphatic heterocycles. The van der Waals surface area contributed by atoms with Crippen LogP contribution in [0.5, 0.6) is 0 Å². The Hall–Kier alpha value is -1.58. The van der Waals surface area contributed by atoms with E-state index in [1.165, 1.54) is 77.0 Å². The first-order valence-corrected chi connectivity index (χ1v) is 12.2. The van der Waals surface area contributed by atoms with Gasteiger partial charge in [0.1, 0.15) is 0 Å². The molecule has 0 atom stereocenters. The Morgan fingerprint density at radius 1 is 0.500 bits per heavy atom. The van der Waals surface area contributed by atoms with Crippen LogP contribution in [0.25, 0.3) is 0 Å². The zero-order valence-corrected chi connectivity index (χ0v) is 19.9. The molecular formula is C26H48O4. The summed E-state index contributed by atoms with van der Waals surface area (Å²) >= 11 is 0. The summed E-state index contributed by atoms with van der Waals surface area (Å²) in [6.45, 7) is 11.5. The lowest BCUT2D eigenvalue weighted by Crippen LogP contribution is -1.98. The van der Waals surface area contributed by atoms with Crippen molar-refractivity contribution in [1.82, 2.24) is 0 Å². The van der Waals surface area contributed by atoms with Gasteiger partial charge in [0.2, 0.25) is 0 Å². The lowest BCUT2D eigenvalue weighted by atomic mass is 10.0. The molecule has 0 aromatic rings. The number of aliphatic carboxylic acids is 2. The number of hydrogen-bond donors (Lipinski definition) is 2. The summed E-state index contributed by atoms with van der Waals surface area (Å²) in [4.78, 5) is 20.9. The van der Waals surface area contributed by atoms with E-state index in [1.807, 2.05) is 0 Å². The van der Waals surface area contributed by atoms with Gasteiger partial charge in [-0.05, 0) is 25.7 Å². The lowest BCUT2D eigenvalue weighted by Gasteiger charge is -2.02. The third-order valence-electron chi connectivity index (χ3n) is 5.27. The first-order chi connectivity index (χ1) is 14.4. The van der Waals surface area contributed by atoms with Crippen LogP contribution in [-0.4, -0.2) is 22.2 Å². The Morgan fingerprint density at radius 2 is 0.733 bits per heavy atom. The van der Waals surface area contributed by atoms with Crippen molar-refractivity contribution in [3.8, 4) is 0 Å². The van der Waals surface area contributed by atoms with Gasteiger partial charge in [0.25, 0.3) is 0 Å². The van der Waals surface area contributed by atoms with Gasteiger partial charge in [0, 0.05) is 11.1 Å². The third kappa shape index (κ3) is 24.5. The maximum Gasteiger partial charge on any atom is 0.330 e. The second kappa shape index (κ2) is 23.7. The average Bonchev–Trinajstić information content (AvgIpc) is 2.71. The van der Waals surface area contributed by atoms with Gasteiger partial charge in [0.05, 0.1) is 0 Å². The summed E-state index contributed by atoms with van der Waals surface area (Å²) in [6.07, 6.45) is 21.2. The number of carboxylic acid groups (broad SMARTS) is 2. The number of hydrogen-bond acceptors (Lipinski definition) is 2. The van der Waals surface area contributed by atoms with E-state index in [0.717, 1.165) is 25.7 Å². The zero-order valence-electron chi connectivity index (χ0n) is 19.9. The highest BCUT2D eigenvalue weighted by atomic mass is 16.4. The fraction of sp³-hybridized carbons (Fsp3) is 0.769. The maximum absolute atomic E-state index is 10.5. The quantitative estimate of drug-likeness (QED) is 0.152. The molecule has 0 unspecified atom stereocenters. The fourth-order valence-electron chi connectivity index (χ4n) is 3.16. The van der Waals surface area contributed by atoms with Crippen molar-refractivity contribution in [3.63, 3.8) is 0 Å². The van der Waals surface area contributed by atoms with E-state index in [4.69, 9.17) is 10.2 Å². The van der Waals surface area contributed by atoms with Gasteiger partial charge >= 0.3 is 11.9 Å². The SMILES string of the molecule is C=C(CCCCCCCCC)C(=O)O.C=C(CCCCCCCCCCC)C(=O)O. The van der Waals surface area contributed by atoms with Crippen LogP contribution in [0.2, 0.25) is 0 Å². The number of unbranched alkanes of at least 4 members (excludes halogenated alkanes) is 14. The average molecular weight is 425 g/mol. The summed E-state index contributed by atoms with van der Waals surface area (Å²) < 4.78 is 0. The first-order valence-electron chi connectivity index (χ1n) is 12.2. The van der Waals surface area contributed by atoms with Gasteiger partial charge in [-0.1, -0.05) is 117 Å². The molecule has 0 saturated heterocycles. The Morgan fingerprint density at radius 3 is 0.967 bits per heavy atom. The monoisotopic (exact) mass is 424 g/mol. The Balaban J connectivity index is 0. The molecular weight excluding hydrogens is 376 g/mol. The standard InChI is InChI=1S/C14H26O2.C12H22O2/c1-3-4-5-6-7-8-9-10-11-12-13(2)14(15)16;1-3-4-5-6-7-8-9-10-11(2)12(13)14/h2-12H2,1H3,(H,15,16);2-10H2,1H3,(H,13,14). The van der Waals surface area contributed by atoms with Crippen LogP contribution in [0.4, 0.5) is 0 Å². The van der Waals surface area contributed by atoms with Crippen molar-refractivity contribution in [2.24, 2.45) is 0 Å². The molecule has 0 rings (SSSR count). The fourth-order valence-corrected chi connectivity index (χ4v) is 3.16. The van der Waals surface area contributed by atoms with Gasteiger partial charge in [-0.3, -0.25) is 0 Å². The molecule has 30 heavy (non-hydrogen) atoms. The molecule has 4 nitrogen and oxygen atoms in total. The predicted octanol–water partition coefficient (Wildman–Crippen LogP) is 8.32. The highest BCUT2D eigenvalue weighted by Gasteiger charge is 2.03. The molecule has 4 heteroatoms. The molecule has 176 valence electrons. The van der Waals surface area contributed by atoms with Gasteiger partial charge in [0.15, 0.2) is 0 Å². The summed E-state index contributed by atoms with van der Waals surface area (Å²) in [7, 11) is 0. The topological polar surface area (TPSA) is 74.6 Å². The minimum atomic E-state index is -0.851. The molecule has 0 aromatic carbocycles. The van der Waals surface area contributed by atoms with Gasteiger partial charge in [-0.2, -0.15) is 0 Å². The van der Waals surface area contributed by atoms with E-state index in [-0.39, 0.29) is 0 Å². The van der Waals surface area contributed by atoms with Crippen LogP contribution in [-0.2, 0) is 9.59 Å². The van der Waals surface area contributed by atoms with Gasteiger partial charge < -0.3 is 10.2 Å². The molecule has 0 spiro atoms. The summed E-state index contributed by atoms with van der Waals surface area (Å²) in [6, 6.07) is 0. The van der Waals surface area contributed by atoms with Crippen molar-refractivity contribution < 1.29 is 19.8 Å². The zero-order chi connectivity index (χ0) is 23.0. The summed E-state index contributed by atoms with van der Waals surface area (Å²) in [5.41, 5.74) is 0.696. The Labute approximate surface area is 185 Å². The number of rotatable bonds is 20. The van der Waals surface area contributed by atoms with Crippen molar-refractivity contribution in [2.45, 2.75) is 129 Å². The summed E-state index contributed by atoms with van der Waals surface area (Å²) in [5.74, 6) is -1.70. The van der Waals surface area contributed by atoms with Crippen molar-refractivity contribution in [1.29, 1.82) is 0 Å². The van der Waals surface area contributed by atoms with Crippen LogP contribution < -0.4 is 0 Å². The van der Waals surface area contributed by atoms with E-state index in [2.05, 4.69) is 27.0 Å². The van der Waals surface area contributed by atoms with E-state index in [9.17, 15) is 9.59 Å². The van der Waals surface area contributed by atoms with Crippen molar-refractivity contribution in [3.05, 3.63) is 24.3 Å². The minimum Gasteiger partial charge on any atom is -0.478 e. The van der Waals surface area contributed by atoms with Gasteiger partial charge in [-0.25, -0.2) is 9.59 Å². The summed E-state index contributed by atoms with van der Waals surface area (Å²) in [5, 5.41) is 17.2. The minimum absolute atomic E-state index is 0.346. The molecule has 0 amide bonds. The molecule has 2 N–H and O–H groups in total. The highest BCUT2D eigenvalue weighted by Crippen LogP contribution is 2.13. The normalized spacial score (nSPS) is 10.2. The molecule has 0 bridgehead atoms. The van der Waals surface area contributed by atoms with E-state index >= 15 is 0 Å². The van der Waals surface area contributed by atoms with E-state index in [1.54, 1.807) is 0 Å². The van der Waals surface area contributed by atoms with Crippen LogP contribution in [0.3, 0.4) is 0 Å². The van der Waals surface area contributed by atoms with E-state index < -0.39 is 11.9 Å². The second-order valence-corrected chi connectivity index (χ2v) is 8.27. The van der Waals surface area contributed by atoms with Crippen molar-refractivity contribution in [2.75, 3.05) is 0 Å². The van der Waals surface area contributed by atoms with Crippen LogP contribution in [0.15, 0.2) is 24.3 Å². The first kappa shape index (κ1) is 30.6. The van der Waals surface area contributed by atoms with Crippen molar-refractivity contribution >= 4 is 11.9 Å². The largest absolute Gasteiger partial charge is 0.478 e.